The minimum Gasteiger partial charge on any atom is -0.467 e. The minimum atomic E-state index is -0.896. The van der Waals surface area contributed by atoms with Crippen molar-refractivity contribution >= 4 is 17.8 Å². The van der Waals surface area contributed by atoms with Gasteiger partial charge >= 0.3 is 5.97 Å². The summed E-state index contributed by atoms with van der Waals surface area (Å²) >= 11 is 0. The first-order valence-corrected chi connectivity index (χ1v) is 11.2. The van der Waals surface area contributed by atoms with Gasteiger partial charge in [-0.3, -0.25) is 14.3 Å². The van der Waals surface area contributed by atoms with Crippen molar-refractivity contribution in [1.82, 2.24) is 25.0 Å². The van der Waals surface area contributed by atoms with Crippen LogP contribution in [0, 0.1) is 5.92 Å². The number of carbonyl (C=O) groups excluding carboxylic acids is 3. The molecule has 0 saturated carbocycles. The number of rotatable bonds is 7. The zero-order chi connectivity index (χ0) is 23.9. The quantitative estimate of drug-likeness (QED) is 0.541. The first-order chi connectivity index (χ1) is 16.5. The Hall–Kier alpha value is -4.01. The smallest absolute Gasteiger partial charge is 0.330 e. The van der Waals surface area contributed by atoms with Crippen LogP contribution < -0.4 is 5.32 Å². The molecule has 4 rings (SSSR count). The lowest BCUT2D eigenvalue weighted by atomic mass is 9.95. The van der Waals surface area contributed by atoms with Gasteiger partial charge < -0.3 is 15.0 Å². The van der Waals surface area contributed by atoms with Crippen LogP contribution in [-0.4, -0.2) is 63.7 Å². The van der Waals surface area contributed by atoms with Crippen LogP contribution in [0.1, 0.15) is 23.2 Å². The molecule has 0 spiro atoms. The number of nitrogens with zero attached hydrogens (tertiary/aromatic N) is 4. The lowest BCUT2D eigenvalue weighted by Gasteiger charge is -2.33. The first kappa shape index (κ1) is 23.2. The molecule has 1 aliphatic rings. The van der Waals surface area contributed by atoms with Gasteiger partial charge in [0.2, 0.25) is 5.91 Å². The second-order valence-corrected chi connectivity index (χ2v) is 8.24. The van der Waals surface area contributed by atoms with E-state index in [1.165, 1.54) is 24.4 Å². The van der Waals surface area contributed by atoms with Gasteiger partial charge in [0.15, 0.2) is 0 Å². The van der Waals surface area contributed by atoms with Gasteiger partial charge in [0.05, 0.1) is 19.6 Å². The van der Waals surface area contributed by atoms with E-state index in [0.717, 1.165) is 11.1 Å². The standard InChI is InChI=1S/C25H27N5O4/c1-34-25(33)22(15-30-17-26-16-27-30)28-23(31)21-11-6-12-29(14-21)24(32)20-10-5-9-19(13-20)18-7-3-2-4-8-18/h2-5,7-10,13,16-17,21-22H,6,11-12,14-15H2,1H3,(H,28,31)/t21?,22-/m1/s1. The maximum absolute atomic E-state index is 13.2. The van der Waals surface area contributed by atoms with Crippen molar-refractivity contribution in [3.8, 4) is 11.1 Å². The summed E-state index contributed by atoms with van der Waals surface area (Å²) in [5.41, 5.74) is 2.59. The van der Waals surface area contributed by atoms with Crippen LogP contribution in [0.15, 0.2) is 67.3 Å². The fourth-order valence-electron chi connectivity index (χ4n) is 4.15. The molecule has 34 heavy (non-hydrogen) atoms. The normalized spacial score (nSPS) is 16.5. The van der Waals surface area contributed by atoms with E-state index in [4.69, 9.17) is 4.74 Å². The summed E-state index contributed by atoms with van der Waals surface area (Å²) in [6, 6.07) is 16.5. The van der Waals surface area contributed by atoms with E-state index >= 15 is 0 Å². The molecule has 2 amide bonds. The molecule has 1 unspecified atom stereocenters. The van der Waals surface area contributed by atoms with Crippen LogP contribution >= 0.6 is 0 Å². The number of esters is 1. The average molecular weight is 462 g/mol. The molecule has 1 aromatic heterocycles. The highest BCUT2D eigenvalue weighted by molar-refractivity contribution is 5.96. The zero-order valence-electron chi connectivity index (χ0n) is 19.0. The highest BCUT2D eigenvalue weighted by Gasteiger charge is 2.32. The molecule has 3 aromatic rings. The first-order valence-electron chi connectivity index (χ1n) is 11.2. The van der Waals surface area contributed by atoms with E-state index in [2.05, 4.69) is 15.4 Å². The van der Waals surface area contributed by atoms with E-state index in [1.54, 1.807) is 11.0 Å². The molecule has 0 bridgehead atoms. The fourth-order valence-corrected chi connectivity index (χ4v) is 4.15. The molecule has 9 heteroatoms. The highest BCUT2D eigenvalue weighted by Crippen LogP contribution is 2.23. The molecule has 0 radical (unpaired) electrons. The third-order valence-electron chi connectivity index (χ3n) is 5.93. The predicted octanol–water partition coefficient (Wildman–Crippen LogP) is 2.16. The van der Waals surface area contributed by atoms with Gasteiger partial charge in [-0.25, -0.2) is 9.78 Å². The summed E-state index contributed by atoms with van der Waals surface area (Å²) in [5, 5.41) is 6.75. The Morgan fingerprint density at radius 1 is 1.12 bits per heavy atom. The van der Waals surface area contributed by atoms with Crippen molar-refractivity contribution in [3.05, 3.63) is 72.8 Å². The monoisotopic (exact) mass is 461 g/mol. The molecular weight excluding hydrogens is 434 g/mol. The van der Waals surface area contributed by atoms with E-state index in [0.29, 0.717) is 24.9 Å². The summed E-state index contributed by atoms with van der Waals surface area (Å²) in [5.74, 6) is -1.38. The molecule has 9 nitrogen and oxygen atoms in total. The maximum atomic E-state index is 13.2. The number of hydrogen-bond acceptors (Lipinski definition) is 6. The fraction of sp³-hybridized carbons (Fsp3) is 0.320. The number of benzene rings is 2. The summed E-state index contributed by atoms with van der Waals surface area (Å²) < 4.78 is 6.29. The molecular formula is C25H27N5O4. The maximum Gasteiger partial charge on any atom is 0.330 e. The Kier molecular flexibility index (Phi) is 7.31. The van der Waals surface area contributed by atoms with Gasteiger partial charge in [0.25, 0.3) is 5.91 Å². The predicted molar refractivity (Wildman–Crippen MR) is 124 cm³/mol. The summed E-state index contributed by atoms with van der Waals surface area (Å²) in [7, 11) is 1.27. The molecule has 2 aromatic carbocycles. The molecule has 176 valence electrons. The van der Waals surface area contributed by atoms with Gasteiger partial charge in [-0.1, -0.05) is 42.5 Å². The lowest BCUT2D eigenvalue weighted by Crippen LogP contribution is -2.50. The van der Waals surface area contributed by atoms with Crippen molar-refractivity contribution < 1.29 is 19.1 Å². The third kappa shape index (κ3) is 5.48. The third-order valence-corrected chi connectivity index (χ3v) is 5.93. The number of hydrogen-bond donors (Lipinski definition) is 1. The van der Waals surface area contributed by atoms with Crippen molar-refractivity contribution in [1.29, 1.82) is 0 Å². The number of likely N-dealkylation sites (tertiary alicyclic amines) is 1. The lowest BCUT2D eigenvalue weighted by molar-refractivity contribution is -0.146. The Morgan fingerprint density at radius 2 is 1.91 bits per heavy atom. The highest BCUT2D eigenvalue weighted by atomic mass is 16.5. The molecule has 2 heterocycles. The molecule has 1 saturated heterocycles. The van der Waals surface area contributed by atoms with Crippen LogP contribution in [0.3, 0.4) is 0 Å². The van der Waals surface area contributed by atoms with E-state index in [9.17, 15) is 14.4 Å². The zero-order valence-corrected chi connectivity index (χ0v) is 19.0. The Bertz CT molecular complexity index is 1130. The molecule has 2 atom stereocenters. The van der Waals surface area contributed by atoms with E-state index < -0.39 is 17.9 Å². The molecule has 1 N–H and O–H groups in total. The molecule has 1 aliphatic heterocycles. The van der Waals surface area contributed by atoms with E-state index in [-0.39, 0.29) is 24.9 Å². The second-order valence-electron chi connectivity index (χ2n) is 8.24. The second kappa shape index (κ2) is 10.7. The molecule has 0 aliphatic carbocycles. The number of amides is 2. The van der Waals surface area contributed by atoms with Gasteiger partial charge in [0, 0.05) is 18.7 Å². The van der Waals surface area contributed by atoms with Crippen molar-refractivity contribution in [2.24, 2.45) is 5.92 Å². The number of ether oxygens (including phenoxy) is 1. The topological polar surface area (TPSA) is 106 Å². The van der Waals surface area contributed by atoms with Crippen molar-refractivity contribution in [3.63, 3.8) is 0 Å². The number of piperidine rings is 1. The van der Waals surface area contributed by atoms with Crippen LogP contribution in [-0.2, 0) is 20.9 Å². The Morgan fingerprint density at radius 3 is 2.65 bits per heavy atom. The van der Waals surface area contributed by atoms with Crippen LogP contribution in [0.5, 0.6) is 0 Å². The summed E-state index contributed by atoms with van der Waals surface area (Å²) in [6.45, 7) is 0.981. The number of methoxy groups -OCH3 is 1. The van der Waals surface area contributed by atoms with Crippen molar-refractivity contribution in [2.75, 3.05) is 20.2 Å². The van der Waals surface area contributed by atoms with Crippen LogP contribution in [0.4, 0.5) is 0 Å². The van der Waals surface area contributed by atoms with Gasteiger partial charge in [-0.2, -0.15) is 5.10 Å². The SMILES string of the molecule is COC(=O)[C@@H](Cn1cncn1)NC(=O)C1CCCN(C(=O)c2cccc(-c3ccccc3)c2)C1. The summed E-state index contributed by atoms with van der Waals surface area (Å²) in [4.78, 5) is 44.0. The largest absolute Gasteiger partial charge is 0.467 e. The minimum absolute atomic E-state index is 0.109. The number of carbonyl (C=O) groups is 3. The number of aromatic nitrogens is 3. The van der Waals surface area contributed by atoms with Gasteiger partial charge in [-0.05, 0) is 36.1 Å². The van der Waals surface area contributed by atoms with Gasteiger partial charge in [0.1, 0.15) is 18.7 Å². The Balaban J connectivity index is 1.42. The van der Waals surface area contributed by atoms with E-state index in [1.807, 2.05) is 48.5 Å². The average Bonchev–Trinajstić information content (AvgIpc) is 3.41. The van der Waals surface area contributed by atoms with Gasteiger partial charge in [-0.15, -0.1) is 0 Å². The van der Waals surface area contributed by atoms with Crippen molar-refractivity contribution in [2.45, 2.75) is 25.4 Å². The Labute approximate surface area is 197 Å². The van der Waals surface area contributed by atoms with Crippen LogP contribution in [0.25, 0.3) is 11.1 Å². The number of nitrogens with one attached hydrogen (secondary N) is 1. The van der Waals surface area contributed by atoms with Crippen LogP contribution in [0.2, 0.25) is 0 Å². The summed E-state index contributed by atoms with van der Waals surface area (Å²) in [6.07, 6.45) is 4.16. The molecule has 1 fully saturated rings.